The first-order valence-electron chi connectivity index (χ1n) is 4.25. The third kappa shape index (κ3) is 2.18. The van der Waals surface area contributed by atoms with Gasteiger partial charge in [0.2, 0.25) is 0 Å². The van der Waals surface area contributed by atoms with E-state index in [9.17, 15) is 13.2 Å². The van der Waals surface area contributed by atoms with Gasteiger partial charge in [-0.3, -0.25) is 0 Å². The molecule has 1 aromatic rings. The molecule has 0 saturated carbocycles. The highest BCUT2D eigenvalue weighted by Crippen LogP contribution is 2.32. The summed E-state index contributed by atoms with van der Waals surface area (Å²) in [5.41, 5.74) is -1.02. The molecule has 0 heterocycles. The molecule has 1 aromatic carbocycles. The molecule has 0 fully saturated rings. The molecule has 0 unspecified atom stereocenters. The standard InChI is InChI=1S/C10H10BrF3O/c1-10(2,4-15)5-3-6(12)9(14)7(11)8(5)13/h3,15H,4H2,1-2H3. The number of hydrogen-bond donors (Lipinski definition) is 1. The Hall–Kier alpha value is -0.550. The van der Waals surface area contributed by atoms with E-state index in [4.69, 9.17) is 5.11 Å². The first kappa shape index (κ1) is 12.5. The van der Waals surface area contributed by atoms with Crippen LogP contribution in [0, 0.1) is 17.5 Å². The highest BCUT2D eigenvalue weighted by molar-refractivity contribution is 9.10. The third-order valence-electron chi connectivity index (χ3n) is 2.23. The van der Waals surface area contributed by atoms with Crippen LogP contribution < -0.4 is 0 Å². The maximum absolute atomic E-state index is 13.6. The first-order valence-corrected chi connectivity index (χ1v) is 5.05. The van der Waals surface area contributed by atoms with E-state index in [0.717, 1.165) is 6.07 Å². The van der Waals surface area contributed by atoms with Crippen LogP contribution in [0.15, 0.2) is 10.5 Å². The average molecular weight is 283 g/mol. The molecule has 0 radical (unpaired) electrons. The van der Waals surface area contributed by atoms with E-state index < -0.39 is 27.3 Å². The quantitative estimate of drug-likeness (QED) is 0.653. The highest BCUT2D eigenvalue weighted by Gasteiger charge is 2.27. The van der Waals surface area contributed by atoms with Crippen molar-refractivity contribution in [2.45, 2.75) is 19.3 Å². The molecule has 0 aliphatic rings. The fourth-order valence-electron chi connectivity index (χ4n) is 1.15. The van der Waals surface area contributed by atoms with Gasteiger partial charge in [0.1, 0.15) is 5.82 Å². The van der Waals surface area contributed by atoms with Crippen molar-refractivity contribution < 1.29 is 18.3 Å². The summed E-state index contributed by atoms with van der Waals surface area (Å²) in [6.07, 6.45) is 0. The van der Waals surface area contributed by atoms with E-state index in [0.29, 0.717) is 0 Å². The summed E-state index contributed by atoms with van der Waals surface area (Å²) in [6.45, 7) is 2.71. The van der Waals surface area contributed by atoms with E-state index in [-0.39, 0.29) is 12.2 Å². The Morgan fingerprint density at radius 3 is 2.27 bits per heavy atom. The van der Waals surface area contributed by atoms with Crippen LogP contribution in [0.5, 0.6) is 0 Å². The van der Waals surface area contributed by atoms with E-state index in [1.807, 2.05) is 0 Å². The fraction of sp³-hybridized carbons (Fsp3) is 0.400. The smallest absolute Gasteiger partial charge is 0.175 e. The Morgan fingerprint density at radius 1 is 1.27 bits per heavy atom. The Balaban J connectivity index is 3.45. The van der Waals surface area contributed by atoms with Crippen molar-refractivity contribution in [1.29, 1.82) is 0 Å². The Bertz CT molecular complexity index is 391. The van der Waals surface area contributed by atoms with Gasteiger partial charge in [0.15, 0.2) is 11.6 Å². The average Bonchev–Trinajstić information content (AvgIpc) is 2.20. The fourth-order valence-corrected chi connectivity index (χ4v) is 1.55. The van der Waals surface area contributed by atoms with Gasteiger partial charge < -0.3 is 5.11 Å². The molecular formula is C10H10BrF3O. The van der Waals surface area contributed by atoms with Crippen molar-refractivity contribution >= 4 is 15.9 Å². The van der Waals surface area contributed by atoms with E-state index in [2.05, 4.69) is 15.9 Å². The predicted molar refractivity (Wildman–Crippen MR) is 54.1 cm³/mol. The van der Waals surface area contributed by atoms with Crippen LogP contribution in [-0.2, 0) is 5.41 Å². The zero-order valence-electron chi connectivity index (χ0n) is 8.24. The van der Waals surface area contributed by atoms with Gasteiger partial charge in [-0.05, 0) is 22.0 Å². The number of benzene rings is 1. The number of hydrogen-bond acceptors (Lipinski definition) is 1. The van der Waals surface area contributed by atoms with Gasteiger partial charge in [-0.2, -0.15) is 0 Å². The molecule has 0 saturated heterocycles. The van der Waals surface area contributed by atoms with Crippen molar-refractivity contribution in [3.63, 3.8) is 0 Å². The second-order valence-electron chi connectivity index (χ2n) is 3.89. The lowest BCUT2D eigenvalue weighted by Gasteiger charge is -2.23. The lowest BCUT2D eigenvalue weighted by atomic mass is 9.85. The zero-order chi connectivity index (χ0) is 11.8. The number of halogens is 4. The molecular weight excluding hydrogens is 273 g/mol. The van der Waals surface area contributed by atoms with Gasteiger partial charge in [-0.15, -0.1) is 0 Å². The minimum Gasteiger partial charge on any atom is -0.395 e. The van der Waals surface area contributed by atoms with Crippen LogP contribution in [0.2, 0.25) is 0 Å². The molecule has 0 atom stereocenters. The summed E-state index contributed by atoms with van der Waals surface area (Å²) >= 11 is 2.63. The summed E-state index contributed by atoms with van der Waals surface area (Å²) in [5, 5.41) is 9.02. The van der Waals surface area contributed by atoms with Gasteiger partial charge in [0.05, 0.1) is 11.1 Å². The zero-order valence-corrected chi connectivity index (χ0v) is 9.83. The summed E-state index contributed by atoms with van der Waals surface area (Å²) in [6, 6.07) is 0.769. The number of aliphatic hydroxyl groups excluding tert-OH is 1. The van der Waals surface area contributed by atoms with Crippen LogP contribution in [0.3, 0.4) is 0 Å². The largest absolute Gasteiger partial charge is 0.395 e. The van der Waals surface area contributed by atoms with Crippen LogP contribution in [0.4, 0.5) is 13.2 Å². The molecule has 1 nitrogen and oxygen atoms in total. The van der Waals surface area contributed by atoms with Crippen molar-refractivity contribution in [2.75, 3.05) is 6.61 Å². The second kappa shape index (κ2) is 4.14. The van der Waals surface area contributed by atoms with Crippen LogP contribution in [-0.4, -0.2) is 11.7 Å². The van der Waals surface area contributed by atoms with Gasteiger partial charge in [-0.1, -0.05) is 13.8 Å². The summed E-state index contributed by atoms with van der Waals surface area (Å²) in [5.74, 6) is -3.28. The number of rotatable bonds is 2. The van der Waals surface area contributed by atoms with Crippen molar-refractivity contribution in [3.05, 3.63) is 33.6 Å². The molecule has 1 rings (SSSR count). The van der Waals surface area contributed by atoms with Crippen LogP contribution in [0.1, 0.15) is 19.4 Å². The Labute approximate surface area is 94.0 Å². The molecule has 0 bridgehead atoms. The highest BCUT2D eigenvalue weighted by atomic mass is 79.9. The topological polar surface area (TPSA) is 20.2 Å². The molecule has 1 N–H and O–H groups in total. The molecule has 15 heavy (non-hydrogen) atoms. The molecule has 5 heteroatoms. The lowest BCUT2D eigenvalue weighted by Crippen LogP contribution is -2.24. The summed E-state index contributed by atoms with van der Waals surface area (Å²) in [7, 11) is 0. The second-order valence-corrected chi connectivity index (χ2v) is 4.68. The van der Waals surface area contributed by atoms with Crippen molar-refractivity contribution in [1.82, 2.24) is 0 Å². The van der Waals surface area contributed by atoms with Gasteiger partial charge >= 0.3 is 0 Å². The van der Waals surface area contributed by atoms with E-state index in [1.54, 1.807) is 0 Å². The maximum atomic E-state index is 13.6. The molecule has 0 spiro atoms. The maximum Gasteiger partial charge on any atom is 0.175 e. The van der Waals surface area contributed by atoms with E-state index in [1.165, 1.54) is 13.8 Å². The monoisotopic (exact) mass is 282 g/mol. The minimum atomic E-state index is -1.26. The Morgan fingerprint density at radius 2 is 1.80 bits per heavy atom. The number of aliphatic hydroxyl groups is 1. The van der Waals surface area contributed by atoms with Gasteiger partial charge in [0, 0.05) is 11.0 Å². The first-order chi connectivity index (χ1) is 6.81. The molecule has 0 amide bonds. The van der Waals surface area contributed by atoms with Crippen molar-refractivity contribution in [3.8, 4) is 0 Å². The van der Waals surface area contributed by atoms with Crippen LogP contribution >= 0.6 is 15.9 Å². The summed E-state index contributed by atoms with van der Waals surface area (Å²) in [4.78, 5) is 0. The normalized spacial score (nSPS) is 11.9. The summed E-state index contributed by atoms with van der Waals surface area (Å²) < 4.78 is 39.0. The molecule has 0 aromatic heterocycles. The van der Waals surface area contributed by atoms with Gasteiger partial charge in [-0.25, -0.2) is 13.2 Å². The SMILES string of the molecule is CC(C)(CO)c1cc(F)c(F)c(Br)c1F. The molecule has 0 aliphatic heterocycles. The van der Waals surface area contributed by atoms with Crippen molar-refractivity contribution in [2.24, 2.45) is 0 Å². The minimum absolute atomic E-state index is 0.0595. The lowest BCUT2D eigenvalue weighted by molar-refractivity contribution is 0.214. The molecule has 84 valence electrons. The van der Waals surface area contributed by atoms with E-state index >= 15 is 0 Å². The molecule has 0 aliphatic carbocycles. The Kier molecular flexibility index (Phi) is 3.45. The third-order valence-corrected chi connectivity index (χ3v) is 2.92. The van der Waals surface area contributed by atoms with Crippen LogP contribution in [0.25, 0.3) is 0 Å². The predicted octanol–water partition coefficient (Wildman–Crippen LogP) is 3.14. The van der Waals surface area contributed by atoms with Gasteiger partial charge in [0.25, 0.3) is 0 Å².